The van der Waals surface area contributed by atoms with Crippen LogP contribution in [0.1, 0.15) is 11.1 Å². The average molecular weight is 310 g/mol. The molecule has 5 nitrogen and oxygen atoms in total. The molecule has 1 aromatic heterocycles. The Kier molecular flexibility index (Phi) is 3.84. The largest absolute Gasteiger partial charge is 0.508 e. The van der Waals surface area contributed by atoms with Crippen LogP contribution in [0.4, 0.5) is 0 Å². The average Bonchev–Trinajstić information content (AvgIpc) is 2.88. The molecule has 0 atom stereocenters. The summed E-state index contributed by atoms with van der Waals surface area (Å²) in [5, 5.41) is 20.7. The maximum absolute atomic E-state index is 9.29. The van der Waals surface area contributed by atoms with Crippen molar-refractivity contribution in [1.82, 2.24) is 14.9 Å². The number of hydrogen-bond acceptors (Lipinski definition) is 4. The topological polar surface area (TPSA) is 66.2 Å². The van der Waals surface area contributed by atoms with Crippen LogP contribution in [0.15, 0.2) is 53.6 Å². The molecule has 0 saturated heterocycles. The molecule has 0 aliphatic heterocycles. The van der Waals surface area contributed by atoms with Gasteiger partial charge in [-0.15, -0.1) is 0 Å². The molecule has 0 spiro atoms. The molecule has 22 heavy (non-hydrogen) atoms. The Morgan fingerprint density at radius 2 is 1.91 bits per heavy atom. The second-order valence-corrected chi connectivity index (χ2v) is 5.20. The number of aromatic hydroxyl groups is 1. The number of benzene rings is 2. The lowest BCUT2D eigenvalue weighted by atomic mass is 10.1. The summed E-state index contributed by atoms with van der Waals surface area (Å²) < 4.78 is 2.01. The fourth-order valence-corrected chi connectivity index (χ4v) is 2.26. The molecule has 0 amide bonds. The first-order valence-corrected chi connectivity index (χ1v) is 7.13. The van der Waals surface area contributed by atoms with Crippen molar-refractivity contribution in [2.45, 2.75) is 6.92 Å². The van der Waals surface area contributed by atoms with Gasteiger partial charge >= 0.3 is 0 Å². The van der Waals surface area contributed by atoms with E-state index in [1.54, 1.807) is 35.2 Å². The molecule has 0 saturated carbocycles. The fourth-order valence-electron chi connectivity index (χ4n) is 2.08. The second kappa shape index (κ2) is 5.95. The predicted molar refractivity (Wildman–Crippen MR) is 88.7 cm³/mol. The molecule has 0 fully saturated rings. The van der Waals surface area contributed by atoms with Gasteiger partial charge in [0.2, 0.25) is 4.77 Å². The van der Waals surface area contributed by atoms with Crippen LogP contribution < -0.4 is 0 Å². The van der Waals surface area contributed by atoms with Crippen molar-refractivity contribution >= 4 is 18.4 Å². The summed E-state index contributed by atoms with van der Waals surface area (Å²) in [6.07, 6.45) is 1.67. The number of phenolic OH excluding ortho intramolecular Hbond substituents is 1. The number of nitrogens with one attached hydrogen (secondary N) is 1. The summed E-state index contributed by atoms with van der Waals surface area (Å²) in [6.45, 7) is 2.01. The minimum Gasteiger partial charge on any atom is -0.508 e. The molecule has 3 rings (SSSR count). The van der Waals surface area contributed by atoms with E-state index in [1.807, 2.05) is 31.2 Å². The normalized spacial score (nSPS) is 11.1. The molecule has 3 aromatic rings. The third kappa shape index (κ3) is 2.82. The van der Waals surface area contributed by atoms with Gasteiger partial charge in [-0.1, -0.05) is 24.3 Å². The molecule has 0 unspecified atom stereocenters. The van der Waals surface area contributed by atoms with Gasteiger partial charge in [0, 0.05) is 5.56 Å². The molecule has 110 valence electrons. The van der Waals surface area contributed by atoms with Crippen molar-refractivity contribution in [3.63, 3.8) is 0 Å². The lowest BCUT2D eigenvalue weighted by molar-refractivity contribution is 0.475. The van der Waals surface area contributed by atoms with E-state index in [1.165, 1.54) is 0 Å². The van der Waals surface area contributed by atoms with Crippen molar-refractivity contribution < 1.29 is 5.11 Å². The molecular formula is C16H14N4OS. The first-order valence-electron chi connectivity index (χ1n) is 6.72. The van der Waals surface area contributed by atoms with Crippen LogP contribution in [0.5, 0.6) is 5.75 Å². The minimum atomic E-state index is 0.220. The van der Waals surface area contributed by atoms with Crippen LogP contribution in [0.3, 0.4) is 0 Å². The van der Waals surface area contributed by atoms with Gasteiger partial charge in [0.05, 0.1) is 6.21 Å². The summed E-state index contributed by atoms with van der Waals surface area (Å²) in [4.78, 5) is 0. The molecular weight excluding hydrogens is 296 g/mol. The van der Waals surface area contributed by atoms with Gasteiger partial charge < -0.3 is 5.11 Å². The highest BCUT2D eigenvalue weighted by Crippen LogP contribution is 2.21. The van der Waals surface area contributed by atoms with Crippen molar-refractivity contribution in [2.75, 3.05) is 0 Å². The zero-order valence-electron chi connectivity index (χ0n) is 11.9. The van der Waals surface area contributed by atoms with E-state index in [-0.39, 0.29) is 5.75 Å². The van der Waals surface area contributed by atoms with Crippen LogP contribution >= 0.6 is 12.2 Å². The fraction of sp³-hybridized carbons (Fsp3) is 0.0625. The van der Waals surface area contributed by atoms with E-state index in [0.29, 0.717) is 10.6 Å². The van der Waals surface area contributed by atoms with Crippen LogP contribution in [0.2, 0.25) is 0 Å². The number of nitrogens with zero attached hydrogens (tertiary/aromatic N) is 3. The van der Waals surface area contributed by atoms with Gasteiger partial charge in [0.25, 0.3) is 0 Å². The Hall–Kier alpha value is -2.73. The summed E-state index contributed by atoms with van der Waals surface area (Å²) in [7, 11) is 0. The Labute approximate surface area is 132 Å². The molecule has 2 aromatic carbocycles. The summed E-state index contributed by atoms with van der Waals surface area (Å²) in [6, 6.07) is 14.7. The molecule has 1 heterocycles. The molecule has 0 aliphatic carbocycles. The summed E-state index contributed by atoms with van der Waals surface area (Å²) in [5.41, 5.74) is 2.92. The maximum Gasteiger partial charge on any atom is 0.216 e. The van der Waals surface area contributed by atoms with Gasteiger partial charge in [-0.05, 0) is 54.5 Å². The van der Waals surface area contributed by atoms with Crippen LogP contribution in [-0.2, 0) is 0 Å². The molecule has 6 heteroatoms. The second-order valence-electron chi connectivity index (χ2n) is 4.82. The lowest BCUT2D eigenvalue weighted by Gasteiger charge is -2.04. The van der Waals surface area contributed by atoms with E-state index >= 15 is 0 Å². The minimum absolute atomic E-state index is 0.220. The van der Waals surface area contributed by atoms with Gasteiger partial charge in [-0.3, -0.25) is 0 Å². The van der Waals surface area contributed by atoms with Crippen LogP contribution in [0, 0.1) is 11.7 Å². The zero-order chi connectivity index (χ0) is 15.5. The number of aromatic amines is 1. The van der Waals surface area contributed by atoms with Crippen molar-refractivity contribution in [3.8, 4) is 17.1 Å². The van der Waals surface area contributed by atoms with E-state index in [9.17, 15) is 5.11 Å². The molecule has 0 bridgehead atoms. The number of aromatic nitrogens is 3. The maximum atomic E-state index is 9.29. The van der Waals surface area contributed by atoms with Crippen molar-refractivity contribution in [3.05, 3.63) is 64.4 Å². The highest BCUT2D eigenvalue weighted by atomic mass is 32.1. The lowest BCUT2D eigenvalue weighted by Crippen LogP contribution is -1.96. The van der Waals surface area contributed by atoms with E-state index in [0.717, 1.165) is 16.7 Å². The highest BCUT2D eigenvalue weighted by Gasteiger charge is 2.09. The van der Waals surface area contributed by atoms with Gasteiger partial charge in [-0.25, -0.2) is 5.10 Å². The standard InChI is InChI=1S/C16H14N4OS/c1-11-4-2-3-5-14(11)15-18-19-16(22)20(15)17-10-12-6-8-13(21)9-7-12/h2-10,21H,1H3,(H,19,22)/b17-10-. The number of rotatable bonds is 3. The highest BCUT2D eigenvalue weighted by molar-refractivity contribution is 7.71. The number of aryl methyl sites for hydroxylation is 1. The SMILES string of the molecule is Cc1ccccc1-c1n[nH]c(=S)n1/N=C\c1ccc(O)cc1. The summed E-state index contributed by atoms with van der Waals surface area (Å²) >= 11 is 5.24. The molecule has 2 N–H and O–H groups in total. The van der Waals surface area contributed by atoms with Gasteiger partial charge in [-0.2, -0.15) is 14.9 Å². The smallest absolute Gasteiger partial charge is 0.216 e. The molecule has 0 radical (unpaired) electrons. The van der Waals surface area contributed by atoms with Crippen LogP contribution in [0.25, 0.3) is 11.4 Å². The molecule has 0 aliphatic rings. The van der Waals surface area contributed by atoms with Gasteiger partial charge in [0.15, 0.2) is 5.82 Å². The first kappa shape index (κ1) is 14.2. The van der Waals surface area contributed by atoms with Gasteiger partial charge in [0.1, 0.15) is 5.75 Å². The number of phenols is 1. The quantitative estimate of drug-likeness (QED) is 0.575. The zero-order valence-corrected chi connectivity index (χ0v) is 12.7. The Morgan fingerprint density at radius 1 is 1.18 bits per heavy atom. The van der Waals surface area contributed by atoms with Crippen molar-refractivity contribution in [2.24, 2.45) is 5.10 Å². The third-order valence-corrected chi connectivity index (χ3v) is 3.52. The van der Waals surface area contributed by atoms with E-state index < -0.39 is 0 Å². The van der Waals surface area contributed by atoms with Crippen molar-refractivity contribution in [1.29, 1.82) is 0 Å². The summed E-state index contributed by atoms with van der Waals surface area (Å²) in [5.74, 6) is 0.885. The Bertz CT molecular complexity index is 878. The van der Waals surface area contributed by atoms with Crippen LogP contribution in [-0.4, -0.2) is 26.2 Å². The van der Waals surface area contributed by atoms with E-state index in [2.05, 4.69) is 15.3 Å². The van der Waals surface area contributed by atoms with E-state index in [4.69, 9.17) is 12.2 Å². The first-order chi connectivity index (χ1) is 10.6. The Balaban J connectivity index is 2.02. The Morgan fingerprint density at radius 3 is 2.64 bits per heavy atom. The monoisotopic (exact) mass is 310 g/mol. The predicted octanol–water partition coefficient (Wildman–Crippen LogP) is 3.50. The third-order valence-electron chi connectivity index (χ3n) is 3.25. The number of hydrogen-bond donors (Lipinski definition) is 2. The number of H-pyrrole nitrogens is 1.